The van der Waals surface area contributed by atoms with E-state index in [0.717, 1.165) is 56.7 Å². The number of nitrogens with one attached hydrogen (secondary N) is 1. The minimum atomic E-state index is 0.733. The maximum atomic E-state index is 5.58. The predicted octanol–water partition coefficient (Wildman–Crippen LogP) is -0.0926. The van der Waals surface area contributed by atoms with Crippen molar-refractivity contribution in [3.05, 3.63) is 11.9 Å². The van der Waals surface area contributed by atoms with Crippen molar-refractivity contribution in [1.29, 1.82) is 0 Å². The topological polar surface area (TPSA) is 70.3 Å². The SMILES string of the molecule is CNc1cc(N2CCN(CCN)CC2)nc(C)n1. The van der Waals surface area contributed by atoms with E-state index >= 15 is 0 Å². The molecule has 100 valence electrons. The molecule has 6 heteroatoms. The van der Waals surface area contributed by atoms with Crippen molar-refractivity contribution in [3.8, 4) is 0 Å². The zero-order valence-corrected chi connectivity index (χ0v) is 11.2. The molecule has 2 heterocycles. The van der Waals surface area contributed by atoms with Gasteiger partial charge < -0.3 is 16.0 Å². The Bertz CT molecular complexity index is 386. The van der Waals surface area contributed by atoms with Crippen molar-refractivity contribution in [2.45, 2.75) is 6.92 Å². The highest BCUT2D eigenvalue weighted by Gasteiger charge is 2.18. The van der Waals surface area contributed by atoms with Gasteiger partial charge in [-0.05, 0) is 6.92 Å². The van der Waals surface area contributed by atoms with Crippen LogP contribution >= 0.6 is 0 Å². The van der Waals surface area contributed by atoms with Gasteiger partial charge in [0.15, 0.2) is 0 Å². The Hall–Kier alpha value is -1.40. The predicted molar refractivity (Wildman–Crippen MR) is 74.0 cm³/mol. The molecule has 0 spiro atoms. The lowest BCUT2D eigenvalue weighted by Gasteiger charge is -2.35. The highest BCUT2D eigenvalue weighted by atomic mass is 15.3. The minimum Gasteiger partial charge on any atom is -0.373 e. The molecule has 0 atom stereocenters. The van der Waals surface area contributed by atoms with Crippen molar-refractivity contribution in [1.82, 2.24) is 14.9 Å². The van der Waals surface area contributed by atoms with Gasteiger partial charge in [-0.15, -0.1) is 0 Å². The molecule has 3 N–H and O–H groups in total. The summed E-state index contributed by atoms with van der Waals surface area (Å²) < 4.78 is 0. The van der Waals surface area contributed by atoms with E-state index in [-0.39, 0.29) is 0 Å². The van der Waals surface area contributed by atoms with Crippen LogP contribution in [0, 0.1) is 6.92 Å². The third-order valence-corrected chi connectivity index (χ3v) is 3.22. The Morgan fingerprint density at radius 3 is 2.61 bits per heavy atom. The molecular weight excluding hydrogens is 228 g/mol. The number of hydrogen-bond donors (Lipinski definition) is 2. The summed E-state index contributed by atoms with van der Waals surface area (Å²) in [5.41, 5.74) is 5.58. The summed E-state index contributed by atoms with van der Waals surface area (Å²) in [6.07, 6.45) is 0. The lowest BCUT2D eigenvalue weighted by Crippen LogP contribution is -2.48. The largest absolute Gasteiger partial charge is 0.373 e. The number of nitrogens with two attached hydrogens (primary N) is 1. The fourth-order valence-electron chi connectivity index (χ4n) is 2.23. The highest BCUT2D eigenvalue weighted by molar-refractivity contribution is 5.49. The summed E-state index contributed by atoms with van der Waals surface area (Å²) in [4.78, 5) is 13.5. The van der Waals surface area contributed by atoms with Gasteiger partial charge in [-0.2, -0.15) is 0 Å². The van der Waals surface area contributed by atoms with E-state index in [4.69, 9.17) is 5.73 Å². The number of nitrogens with zero attached hydrogens (tertiary/aromatic N) is 4. The summed E-state index contributed by atoms with van der Waals surface area (Å²) in [5.74, 6) is 2.70. The van der Waals surface area contributed by atoms with Crippen LogP contribution in [-0.4, -0.2) is 61.2 Å². The number of aromatic nitrogens is 2. The van der Waals surface area contributed by atoms with Crippen LogP contribution in [0.15, 0.2) is 6.07 Å². The van der Waals surface area contributed by atoms with Gasteiger partial charge in [0.1, 0.15) is 17.5 Å². The number of anilines is 2. The van der Waals surface area contributed by atoms with E-state index in [1.807, 2.05) is 20.0 Å². The van der Waals surface area contributed by atoms with Gasteiger partial charge in [-0.1, -0.05) is 0 Å². The third kappa shape index (κ3) is 3.08. The molecule has 0 unspecified atom stereocenters. The van der Waals surface area contributed by atoms with E-state index in [9.17, 15) is 0 Å². The second kappa shape index (κ2) is 5.97. The van der Waals surface area contributed by atoms with Gasteiger partial charge in [0.25, 0.3) is 0 Å². The molecule has 1 aromatic rings. The zero-order valence-electron chi connectivity index (χ0n) is 11.2. The monoisotopic (exact) mass is 250 g/mol. The van der Waals surface area contributed by atoms with E-state index in [0.29, 0.717) is 0 Å². The molecule has 2 rings (SSSR count). The van der Waals surface area contributed by atoms with E-state index in [1.54, 1.807) is 0 Å². The maximum absolute atomic E-state index is 5.58. The highest BCUT2D eigenvalue weighted by Crippen LogP contribution is 2.17. The number of piperazine rings is 1. The minimum absolute atomic E-state index is 0.733. The van der Waals surface area contributed by atoms with Crippen molar-refractivity contribution in [2.24, 2.45) is 5.73 Å². The van der Waals surface area contributed by atoms with Crippen molar-refractivity contribution in [2.75, 3.05) is 56.5 Å². The molecule has 0 radical (unpaired) electrons. The van der Waals surface area contributed by atoms with Crippen LogP contribution in [0.3, 0.4) is 0 Å². The van der Waals surface area contributed by atoms with E-state index in [2.05, 4.69) is 25.1 Å². The van der Waals surface area contributed by atoms with E-state index < -0.39 is 0 Å². The normalized spacial score (nSPS) is 16.9. The molecule has 1 aromatic heterocycles. The van der Waals surface area contributed by atoms with Crippen LogP contribution in [0.1, 0.15) is 5.82 Å². The number of rotatable bonds is 4. The van der Waals surface area contributed by atoms with Gasteiger partial charge in [0.2, 0.25) is 0 Å². The van der Waals surface area contributed by atoms with Crippen LogP contribution in [0.2, 0.25) is 0 Å². The van der Waals surface area contributed by atoms with Crippen LogP contribution < -0.4 is 16.0 Å². The molecule has 0 amide bonds. The van der Waals surface area contributed by atoms with Gasteiger partial charge in [-0.25, -0.2) is 9.97 Å². The lowest BCUT2D eigenvalue weighted by atomic mass is 10.3. The molecular formula is C12H22N6. The molecule has 0 aliphatic carbocycles. The first-order valence-corrected chi connectivity index (χ1v) is 6.43. The molecule has 18 heavy (non-hydrogen) atoms. The molecule has 1 saturated heterocycles. The Morgan fingerprint density at radius 1 is 1.28 bits per heavy atom. The Balaban J connectivity index is 2.02. The molecule has 6 nitrogen and oxygen atoms in total. The Labute approximate surface area is 108 Å². The summed E-state index contributed by atoms with van der Waals surface area (Å²) in [6, 6.07) is 2.01. The first-order chi connectivity index (χ1) is 8.72. The number of hydrogen-bond acceptors (Lipinski definition) is 6. The standard InChI is InChI=1S/C12H22N6/c1-10-15-11(14-2)9-12(16-10)18-7-5-17(4-3-13)6-8-18/h9H,3-8,13H2,1-2H3,(H,14,15,16). The lowest BCUT2D eigenvalue weighted by molar-refractivity contribution is 0.264. The van der Waals surface area contributed by atoms with Gasteiger partial charge in [0, 0.05) is 52.4 Å². The fraction of sp³-hybridized carbons (Fsp3) is 0.667. The third-order valence-electron chi connectivity index (χ3n) is 3.22. The molecule has 0 saturated carbocycles. The van der Waals surface area contributed by atoms with Crippen LogP contribution in [0.5, 0.6) is 0 Å². The van der Waals surface area contributed by atoms with Crippen LogP contribution in [-0.2, 0) is 0 Å². The first-order valence-electron chi connectivity index (χ1n) is 6.43. The zero-order chi connectivity index (χ0) is 13.0. The summed E-state index contributed by atoms with van der Waals surface area (Å²) >= 11 is 0. The molecule has 0 bridgehead atoms. The summed E-state index contributed by atoms with van der Waals surface area (Å²) in [6.45, 7) is 7.74. The average molecular weight is 250 g/mol. The van der Waals surface area contributed by atoms with Crippen molar-refractivity contribution >= 4 is 11.6 Å². The van der Waals surface area contributed by atoms with Gasteiger partial charge in [-0.3, -0.25) is 4.90 Å². The smallest absolute Gasteiger partial charge is 0.134 e. The fourth-order valence-corrected chi connectivity index (χ4v) is 2.23. The summed E-state index contributed by atoms with van der Waals surface area (Å²) in [7, 11) is 1.88. The van der Waals surface area contributed by atoms with Crippen LogP contribution in [0.4, 0.5) is 11.6 Å². The molecule has 1 aliphatic heterocycles. The summed E-state index contributed by atoms with van der Waals surface area (Å²) in [5, 5.41) is 3.07. The quantitative estimate of drug-likeness (QED) is 0.778. The Kier molecular flexibility index (Phi) is 4.33. The van der Waals surface area contributed by atoms with Gasteiger partial charge >= 0.3 is 0 Å². The van der Waals surface area contributed by atoms with Crippen molar-refractivity contribution < 1.29 is 0 Å². The second-order valence-electron chi connectivity index (χ2n) is 4.53. The molecule has 1 fully saturated rings. The second-order valence-corrected chi connectivity index (χ2v) is 4.53. The van der Waals surface area contributed by atoms with Gasteiger partial charge in [0.05, 0.1) is 0 Å². The average Bonchev–Trinajstić information content (AvgIpc) is 2.39. The van der Waals surface area contributed by atoms with Crippen LogP contribution in [0.25, 0.3) is 0 Å². The molecule has 0 aromatic carbocycles. The number of aryl methyl sites for hydroxylation is 1. The van der Waals surface area contributed by atoms with Crippen molar-refractivity contribution in [3.63, 3.8) is 0 Å². The Morgan fingerprint density at radius 2 is 2.00 bits per heavy atom. The first kappa shape index (κ1) is 13.0. The van der Waals surface area contributed by atoms with E-state index in [1.165, 1.54) is 0 Å². The molecule has 1 aliphatic rings. The maximum Gasteiger partial charge on any atom is 0.134 e.